The Kier molecular flexibility index (Phi) is 7.80. The highest BCUT2D eigenvalue weighted by Gasteiger charge is 2.29. The number of para-hydroxylation sites is 1. The minimum atomic E-state index is -3.14. The van der Waals surface area contributed by atoms with Crippen LogP contribution in [0.4, 0.5) is 23.9 Å². The smallest absolute Gasteiger partial charge is 0.315 e. The van der Waals surface area contributed by atoms with E-state index in [-0.39, 0.29) is 18.1 Å². The molecule has 0 aliphatic carbocycles. The average Bonchev–Trinajstić information content (AvgIpc) is 3.23. The van der Waals surface area contributed by atoms with Crippen molar-refractivity contribution in [2.24, 2.45) is 0 Å². The maximum atomic E-state index is 13.9. The highest BCUT2D eigenvalue weighted by molar-refractivity contribution is 5.82. The number of aromatic amines is 1. The van der Waals surface area contributed by atoms with Crippen LogP contribution < -0.4 is 16.0 Å². The fraction of sp³-hybridized carbons (Fsp3) is 0.391. The summed E-state index contributed by atoms with van der Waals surface area (Å²) in [5, 5.41) is 18.7. The van der Waals surface area contributed by atoms with Crippen LogP contribution >= 0.6 is 0 Å². The topological polar surface area (TPSA) is 102 Å². The molecule has 3 rings (SSSR count). The van der Waals surface area contributed by atoms with Crippen LogP contribution in [0.1, 0.15) is 43.1 Å². The number of H-pyrrole nitrogens is 1. The van der Waals surface area contributed by atoms with E-state index in [1.54, 1.807) is 13.0 Å². The molecule has 0 saturated heterocycles. The molecule has 3 aromatic rings. The molecule has 33 heavy (non-hydrogen) atoms. The molecule has 2 amide bonds. The normalized spacial score (nSPS) is 14.2. The number of fused-ring (bicyclic) bond motifs is 1. The summed E-state index contributed by atoms with van der Waals surface area (Å²) in [5.41, 5.74) is 1.27. The SMILES string of the molecule is CCCNC(=O)NCc1cccc2[nH]c(NC(C)(CO)c3cccc(C(F)C(F)F)c3)nc12. The first-order valence-corrected chi connectivity index (χ1v) is 10.7. The number of hydrogen-bond donors (Lipinski definition) is 5. The third-order valence-corrected chi connectivity index (χ3v) is 5.35. The second kappa shape index (κ2) is 10.6. The lowest BCUT2D eigenvalue weighted by atomic mass is 9.91. The molecule has 0 aliphatic rings. The summed E-state index contributed by atoms with van der Waals surface area (Å²) in [7, 11) is 0. The Labute approximate surface area is 189 Å². The van der Waals surface area contributed by atoms with Crippen molar-refractivity contribution in [3.05, 3.63) is 59.2 Å². The molecule has 178 valence electrons. The predicted octanol–water partition coefficient (Wildman–Crippen LogP) is 4.37. The Morgan fingerprint density at radius 1 is 1.18 bits per heavy atom. The third-order valence-electron chi connectivity index (χ3n) is 5.35. The Bertz CT molecular complexity index is 1090. The van der Waals surface area contributed by atoms with Crippen LogP contribution in [0.2, 0.25) is 0 Å². The summed E-state index contributed by atoms with van der Waals surface area (Å²) < 4.78 is 39.5. The lowest BCUT2D eigenvalue weighted by molar-refractivity contribution is 0.0495. The Morgan fingerprint density at radius 2 is 1.94 bits per heavy atom. The minimum absolute atomic E-state index is 0.164. The number of carbonyl (C=O) groups is 1. The number of aliphatic hydroxyl groups is 1. The number of hydrogen-bond acceptors (Lipinski definition) is 4. The van der Waals surface area contributed by atoms with Gasteiger partial charge in [0.2, 0.25) is 5.95 Å². The number of alkyl halides is 3. The molecule has 7 nitrogen and oxygen atoms in total. The summed E-state index contributed by atoms with van der Waals surface area (Å²) >= 11 is 0. The number of anilines is 1. The standard InChI is InChI=1S/C23H28F3N5O2/c1-3-10-27-22(33)28-12-15-7-5-9-17-19(15)30-21(29-17)31-23(2,13-32)16-8-4-6-14(11-16)18(24)20(25)26/h4-9,11,18,20,32H,3,10,12-13H2,1-2H3,(H2,27,28,33)(H2,29,30,31). The number of aromatic nitrogens is 2. The molecule has 0 radical (unpaired) electrons. The van der Waals surface area contributed by atoms with Crippen molar-refractivity contribution in [2.75, 3.05) is 18.5 Å². The van der Waals surface area contributed by atoms with E-state index in [0.29, 0.717) is 29.1 Å². The fourth-order valence-electron chi connectivity index (χ4n) is 3.43. The number of nitrogens with zero attached hydrogens (tertiary/aromatic N) is 1. The van der Waals surface area contributed by atoms with Gasteiger partial charge in [-0.25, -0.2) is 22.9 Å². The van der Waals surface area contributed by atoms with Gasteiger partial charge >= 0.3 is 6.03 Å². The Morgan fingerprint density at radius 3 is 2.64 bits per heavy atom. The van der Waals surface area contributed by atoms with Gasteiger partial charge in [-0.15, -0.1) is 0 Å². The van der Waals surface area contributed by atoms with Gasteiger partial charge in [0.15, 0.2) is 6.17 Å². The zero-order chi connectivity index (χ0) is 24.0. The number of halogens is 3. The largest absolute Gasteiger partial charge is 0.394 e. The molecular formula is C23H28F3N5O2. The Balaban J connectivity index is 1.83. The first kappa shape index (κ1) is 24.4. The van der Waals surface area contributed by atoms with Crippen molar-refractivity contribution in [1.82, 2.24) is 20.6 Å². The van der Waals surface area contributed by atoms with Crippen molar-refractivity contribution in [2.45, 2.75) is 44.9 Å². The van der Waals surface area contributed by atoms with Crippen molar-refractivity contribution in [1.29, 1.82) is 0 Å². The number of amides is 2. The minimum Gasteiger partial charge on any atom is -0.394 e. The van der Waals surface area contributed by atoms with Crippen molar-refractivity contribution in [3.8, 4) is 0 Å². The van der Waals surface area contributed by atoms with Crippen LogP contribution in [0.3, 0.4) is 0 Å². The van der Waals surface area contributed by atoms with E-state index >= 15 is 0 Å². The lowest BCUT2D eigenvalue weighted by Crippen LogP contribution is -2.36. The highest BCUT2D eigenvalue weighted by Crippen LogP contribution is 2.31. The van der Waals surface area contributed by atoms with Crippen molar-refractivity contribution < 1.29 is 23.1 Å². The number of urea groups is 1. The van der Waals surface area contributed by atoms with Gasteiger partial charge in [0.1, 0.15) is 0 Å². The van der Waals surface area contributed by atoms with E-state index in [9.17, 15) is 23.1 Å². The summed E-state index contributed by atoms with van der Waals surface area (Å²) in [6.45, 7) is 4.07. The van der Waals surface area contributed by atoms with E-state index in [2.05, 4.69) is 25.9 Å². The van der Waals surface area contributed by atoms with Gasteiger partial charge in [-0.3, -0.25) is 0 Å². The molecule has 0 spiro atoms. The molecule has 0 bridgehead atoms. The molecular weight excluding hydrogens is 435 g/mol. The summed E-state index contributed by atoms with van der Waals surface area (Å²) in [4.78, 5) is 19.5. The van der Waals surface area contributed by atoms with Crippen molar-refractivity contribution in [3.63, 3.8) is 0 Å². The van der Waals surface area contributed by atoms with Crippen LogP contribution in [0, 0.1) is 0 Å². The van der Waals surface area contributed by atoms with Crippen LogP contribution in [0.25, 0.3) is 11.0 Å². The molecule has 0 aliphatic heterocycles. The maximum absolute atomic E-state index is 13.9. The second-order valence-corrected chi connectivity index (χ2v) is 7.99. The van der Waals surface area contributed by atoms with Crippen molar-refractivity contribution >= 4 is 23.0 Å². The number of nitrogens with one attached hydrogen (secondary N) is 4. The number of aliphatic hydroxyl groups excluding tert-OH is 1. The van der Waals surface area contributed by atoms with Gasteiger partial charge in [0.25, 0.3) is 6.43 Å². The predicted molar refractivity (Wildman–Crippen MR) is 121 cm³/mol. The van der Waals surface area contributed by atoms with E-state index in [1.165, 1.54) is 18.2 Å². The Hall–Kier alpha value is -3.27. The monoisotopic (exact) mass is 463 g/mol. The van der Waals surface area contributed by atoms with E-state index in [1.807, 2.05) is 25.1 Å². The van der Waals surface area contributed by atoms with Crippen LogP contribution in [0.15, 0.2) is 42.5 Å². The average molecular weight is 464 g/mol. The molecule has 2 aromatic carbocycles. The number of rotatable bonds is 10. The second-order valence-electron chi connectivity index (χ2n) is 7.99. The van der Waals surface area contributed by atoms with Gasteiger partial charge in [-0.05, 0) is 36.1 Å². The first-order valence-electron chi connectivity index (χ1n) is 10.7. The molecule has 2 atom stereocenters. The molecule has 1 aromatic heterocycles. The van der Waals surface area contributed by atoms with Gasteiger partial charge in [-0.1, -0.05) is 43.3 Å². The number of imidazole rings is 1. The number of benzene rings is 2. The molecule has 1 heterocycles. The third kappa shape index (κ3) is 5.75. The summed E-state index contributed by atoms with van der Waals surface area (Å²) in [6.07, 6.45) is -4.72. The van der Waals surface area contributed by atoms with Crippen LogP contribution in [-0.4, -0.2) is 40.7 Å². The molecule has 5 N–H and O–H groups in total. The summed E-state index contributed by atoms with van der Waals surface area (Å²) in [6, 6.07) is 10.9. The van der Waals surface area contributed by atoms with Gasteiger partial charge in [-0.2, -0.15) is 0 Å². The van der Waals surface area contributed by atoms with E-state index in [0.717, 1.165) is 12.0 Å². The van der Waals surface area contributed by atoms with Gasteiger partial charge in [0.05, 0.1) is 23.2 Å². The maximum Gasteiger partial charge on any atom is 0.315 e. The molecule has 2 unspecified atom stereocenters. The van der Waals surface area contributed by atoms with Gasteiger partial charge < -0.3 is 26.0 Å². The first-order chi connectivity index (χ1) is 15.8. The fourth-order valence-corrected chi connectivity index (χ4v) is 3.43. The zero-order valence-corrected chi connectivity index (χ0v) is 18.5. The van der Waals surface area contributed by atoms with E-state index < -0.39 is 24.7 Å². The molecule has 0 saturated carbocycles. The van der Waals surface area contributed by atoms with Crippen LogP contribution in [0.5, 0.6) is 0 Å². The molecule has 0 fully saturated rings. The van der Waals surface area contributed by atoms with E-state index in [4.69, 9.17) is 0 Å². The zero-order valence-electron chi connectivity index (χ0n) is 18.5. The number of carbonyl (C=O) groups excluding carboxylic acids is 1. The molecule has 10 heteroatoms. The quantitative estimate of drug-likeness (QED) is 0.308. The van der Waals surface area contributed by atoms with Crippen LogP contribution in [-0.2, 0) is 12.1 Å². The summed E-state index contributed by atoms with van der Waals surface area (Å²) in [5.74, 6) is 0.334. The lowest BCUT2D eigenvalue weighted by Gasteiger charge is -2.29. The van der Waals surface area contributed by atoms with Gasteiger partial charge in [0, 0.05) is 13.1 Å². The highest BCUT2D eigenvalue weighted by atomic mass is 19.3.